The number of fused-ring (bicyclic) bond motifs is 1. The van der Waals surface area contributed by atoms with Crippen molar-refractivity contribution in [3.63, 3.8) is 0 Å². The van der Waals surface area contributed by atoms with Crippen molar-refractivity contribution in [1.82, 2.24) is 25.1 Å². The second-order valence-corrected chi connectivity index (χ2v) is 8.00. The van der Waals surface area contributed by atoms with Gasteiger partial charge in [-0.1, -0.05) is 18.2 Å². The molecule has 4 heterocycles. The van der Waals surface area contributed by atoms with E-state index in [1.165, 1.54) is 0 Å². The van der Waals surface area contributed by atoms with E-state index in [1.54, 1.807) is 15.9 Å². The fourth-order valence-electron chi connectivity index (χ4n) is 3.65. The monoisotopic (exact) mass is 419 g/mol. The number of nitrogens with one attached hydrogen (secondary N) is 2. The topological polar surface area (TPSA) is 87.5 Å². The largest absolute Gasteiger partial charge is 0.355 e. The average molecular weight is 420 g/mol. The normalized spacial score (nSPS) is 14.7. The van der Waals surface area contributed by atoms with Gasteiger partial charge in [0.25, 0.3) is 0 Å². The molecule has 1 saturated heterocycles. The molecule has 2 N–H and O–H groups in total. The van der Waals surface area contributed by atoms with Crippen LogP contribution in [0.3, 0.4) is 0 Å². The van der Waals surface area contributed by atoms with Crippen molar-refractivity contribution in [3.8, 4) is 11.4 Å². The summed E-state index contributed by atoms with van der Waals surface area (Å²) >= 11 is 1.63. The van der Waals surface area contributed by atoms with Crippen LogP contribution in [0.1, 0.15) is 12.8 Å². The van der Waals surface area contributed by atoms with Crippen molar-refractivity contribution in [2.24, 2.45) is 0 Å². The Labute approximate surface area is 177 Å². The number of amides is 2. The lowest BCUT2D eigenvalue weighted by Gasteiger charge is -2.33. The number of carbonyl (C=O) groups is 1. The highest BCUT2D eigenvalue weighted by atomic mass is 32.1. The number of urea groups is 1. The maximum Gasteiger partial charge on any atom is 0.319 e. The molecular weight excluding hydrogens is 398 g/mol. The average Bonchev–Trinajstić information content (AvgIpc) is 3.44. The summed E-state index contributed by atoms with van der Waals surface area (Å²) in [6.07, 6.45) is 1.73. The molecular formula is C21H21N7OS. The second kappa shape index (κ2) is 8.11. The Bertz CT molecular complexity index is 1130. The molecule has 152 valence electrons. The first kappa shape index (κ1) is 18.6. The number of para-hydroxylation sites is 1. The summed E-state index contributed by atoms with van der Waals surface area (Å²) in [7, 11) is 0. The van der Waals surface area contributed by atoms with Gasteiger partial charge in [-0.25, -0.2) is 4.79 Å². The molecule has 9 heteroatoms. The smallest absolute Gasteiger partial charge is 0.319 e. The Hall–Kier alpha value is -3.46. The number of piperidine rings is 1. The zero-order valence-electron chi connectivity index (χ0n) is 16.2. The lowest BCUT2D eigenvalue weighted by molar-refractivity contribution is 0.246. The first-order chi connectivity index (χ1) is 14.8. The van der Waals surface area contributed by atoms with Gasteiger partial charge in [0.1, 0.15) is 5.82 Å². The van der Waals surface area contributed by atoms with Crippen LogP contribution < -0.4 is 15.5 Å². The number of benzene rings is 1. The summed E-state index contributed by atoms with van der Waals surface area (Å²) in [6.45, 7) is 1.65. The standard InChI is InChI=1S/C21H21N7OS/c29-21(22-16-4-2-1-3-5-16)23-17-8-11-27(12-9-17)19-7-6-18-24-25-20(28(18)26-19)15-10-13-30-14-15/h1-7,10,13-14,17H,8-9,11-12H2,(H2,22,23,29). The number of rotatable bonds is 4. The molecule has 1 fully saturated rings. The second-order valence-electron chi connectivity index (χ2n) is 7.22. The van der Waals surface area contributed by atoms with Gasteiger partial charge in [0.2, 0.25) is 0 Å². The summed E-state index contributed by atoms with van der Waals surface area (Å²) in [4.78, 5) is 14.5. The number of anilines is 2. The van der Waals surface area contributed by atoms with Crippen molar-refractivity contribution in [2.75, 3.05) is 23.3 Å². The van der Waals surface area contributed by atoms with E-state index in [4.69, 9.17) is 5.10 Å². The summed E-state index contributed by atoms with van der Waals surface area (Å²) in [5, 5.41) is 23.3. The van der Waals surface area contributed by atoms with E-state index in [0.717, 1.165) is 54.5 Å². The predicted molar refractivity (Wildman–Crippen MR) is 118 cm³/mol. The van der Waals surface area contributed by atoms with Crippen molar-refractivity contribution in [1.29, 1.82) is 0 Å². The minimum absolute atomic E-state index is 0.143. The van der Waals surface area contributed by atoms with Crippen molar-refractivity contribution < 1.29 is 4.79 Å². The van der Waals surface area contributed by atoms with Crippen LogP contribution in [0.15, 0.2) is 59.3 Å². The molecule has 3 aromatic heterocycles. The molecule has 0 bridgehead atoms. The lowest BCUT2D eigenvalue weighted by atomic mass is 10.1. The van der Waals surface area contributed by atoms with E-state index < -0.39 is 0 Å². The van der Waals surface area contributed by atoms with Crippen molar-refractivity contribution in [3.05, 3.63) is 59.3 Å². The van der Waals surface area contributed by atoms with Gasteiger partial charge >= 0.3 is 6.03 Å². The van der Waals surface area contributed by atoms with Crippen LogP contribution in [0.5, 0.6) is 0 Å². The SMILES string of the molecule is O=C(Nc1ccccc1)NC1CCN(c2ccc3nnc(-c4ccsc4)n3n2)CC1. The van der Waals surface area contributed by atoms with E-state index >= 15 is 0 Å². The van der Waals surface area contributed by atoms with Crippen LogP contribution in [-0.4, -0.2) is 45.0 Å². The van der Waals surface area contributed by atoms with Gasteiger partial charge in [-0.15, -0.1) is 15.3 Å². The van der Waals surface area contributed by atoms with Crippen molar-refractivity contribution >= 4 is 34.5 Å². The molecule has 0 saturated carbocycles. The molecule has 0 radical (unpaired) electrons. The number of carbonyl (C=O) groups excluding carboxylic acids is 1. The predicted octanol–water partition coefficient (Wildman–Crippen LogP) is 3.64. The molecule has 0 spiro atoms. The molecule has 1 aromatic carbocycles. The first-order valence-corrected chi connectivity index (χ1v) is 10.8. The van der Waals surface area contributed by atoms with Crippen LogP contribution in [0, 0.1) is 0 Å². The molecule has 1 aliphatic heterocycles. The molecule has 8 nitrogen and oxygen atoms in total. The fourth-order valence-corrected chi connectivity index (χ4v) is 4.28. The highest BCUT2D eigenvalue weighted by molar-refractivity contribution is 7.08. The van der Waals surface area contributed by atoms with Gasteiger partial charge in [0, 0.05) is 35.8 Å². The molecule has 5 rings (SSSR count). The van der Waals surface area contributed by atoms with Gasteiger partial charge in [-0.05, 0) is 48.6 Å². The number of nitrogens with zero attached hydrogens (tertiary/aromatic N) is 5. The van der Waals surface area contributed by atoms with Gasteiger partial charge in [-0.2, -0.15) is 15.9 Å². The summed E-state index contributed by atoms with van der Waals surface area (Å²) in [6, 6.07) is 15.4. The third-order valence-corrected chi connectivity index (χ3v) is 5.90. The Kier molecular flexibility index (Phi) is 5.02. The Morgan fingerprint density at radius 2 is 1.87 bits per heavy atom. The van der Waals surface area contributed by atoms with Crippen LogP contribution in [-0.2, 0) is 0 Å². The number of hydrogen-bond acceptors (Lipinski definition) is 6. The fraction of sp³-hybridized carbons (Fsp3) is 0.238. The summed E-state index contributed by atoms with van der Waals surface area (Å²) in [5.41, 5.74) is 2.54. The van der Waals surface area contributed by atoms with E-state index in [1.807, 2.05) is 59.3 Å². The third kappa shape index (κ3) is 3.84. The van der Waals surface area contributed by atoms with Gasteiger partial charge in [0.05, 0.1) is 0 Å². The highest BCUT2D eigenvalue weighted by Crippen LogP contribution is 2.23. The Morgan fingerprint density at radius 3 is 2.63 bits per heavy atom. The molecule has 0 unspecified atom stereocenters. The van der Waals surface area contributed by atoms with E-state index in [-0.39, 0.29) is 12.1 Å². The quantitative estimate of drug-likeness (QED) is 0.527. The van der Waals surface area contributed by atoms with E-state index in [2.05, 4.69) is 25.7 Å². The highest BCUT2D eigenvalue weighted by Gasteiger charge is 2.22. The number of thiophene rings is 1. The minimum Gasteiger partial charge on any atom is -0.355 e. The Morgan fingerprint density at radius 1 is 1.03 bits per heavy atom. The third-order valence-electron chi connectivity index (χ3n) is 5.21. The van der Waals surface area contributed by atoms with Crippen molar-refractivity contribution in [2.45, 2.75) is 18.9 Å². The zero-order chi connectivity index (χ0) is 20.3. The number of aromatic nitrogens is 4. The van der Waals surface area contributed by atoms with E-state index in [9.17, 15) is 4.79 Å². The summed E-state index contributed by atoms with van der Waals surface area (Å²) in [5.74, 6) is 1.65. The lowest BCUT2D eigenvalue weighted by Crippen LogP contribution is -2.46. The molecule has 0 atom stereocenters. The van der Waals surface area contributed by atoms with Crippen LogP contribution in [0.25, 0.3) is 17.0 Å². The molecule has 4 aromatic rings. The Balaban J connectivity index is 1.23. The molecule has 30 heavy (non-hydrogen) atoms. The molecule has 0 aliphatic carbocycles. The van der Waals surface area contributed by atoms with Crippen LogP contribution in [0.2, 0.25) is 0 Å². The minimum atomic E-state index is -0.163. The summed E-state index contributed by atoms with van der Waals surface area (Å²) < 4.78 is 1.80. The van der Waals surface area contributed by atoms with Gasteiger partial charge in [0.15, 0.2) is 11.5 Å². The maximum atomic E-state index is 12.2. The van der Waals surface area contributed by atoms with Crippen LogP contribution >= 0.6 is 11.3 Å². The van der Waals surface area contributed by atoms with Crippen LogP contribution in [0.4, 0.5) is 16.3 Å². The van der Waals surface area contributed by atoms with Gasteiger partial charge < -0.3 is 15.5 Å². The zero-order valence-corrected chi connectivity index (χ0v) is 17.0. The van der Waals surface area contributed by atoms with E-state index in [0.29, 0.717) is 0 Å². The van der Waals surface area contributed by atoms with Gasteiger partial charge in [-0.3, -0.25) is 0 Å². The molecule has 2 amide bonds. The number of hydrogen-bond donors (Lipinski definition) is 2. The molecule has 1 aliphatic rings. The maximum absolute atomic E-state index is 12.2. The first-order valence-electron chi connectivity index (χ1n) is 9.89.